The minimum Gasteiger partial charge on any atom is -0.481 e. The van der Waals surface area contributed by atoms with Gasteiger partial charge in [-0.1, -0.05) is 48.5 Å². The van der Waals surface area contributed by atoms with E-state index in [9.17, 15) is 14.4 Å². The first kappa shape index (κ1) is 23.3. The van der Waals surface area contributed by atoms with Crippen molar-refractivity contribution in [3.8, 4) is 11.1 Å². The number of hydrogen-bond donors (Lipinski definition) is 2. The van der Waals surface area contributed by atoms with E-state index in [4.69, 9.17) is 9.84 Å². The van der Waals surface area contributed by atoms with E-state index in [1.54, 1.807) is 18.9 Å². The van der Waals surface area contributed by atoms with E-state index in [-0.39, 0.29) is 37.3 Å². The molecule has 7 heteroatoms. The van der Waals surface area contributed by atoms with Crippen LogP contribution in [0.25, 0.3) is 11.1 Å². The first-order valence-electron chi connectivity index (χ1n) is 10.9. The fraction of sp³-hybridized carbons (Fsp3) is 0.400. The van der Waals surface area contributed by atoms with Gasteiger partial charge in [-0.2, -0.15) is 0 Å². The summed E-state index contributed by atoms with van der Waals surface area (Å²) in [4.78, 5) is 36.8. The average Bonchev–Trinajstić information content (AvgIpc) is 3.08. The third-order valence-corrected chi connectivity index (χ3v) is 5.75. The third kappa shape index (κ3) is 5.87. The number of benzene rings is 2. The van der Waals surface area contributed by atoms with Crippen LogP contribution in [0.3, 0.4) is 0 Å². The zero-order chi connectivity index (χ0) is 23.1. The van der Waals surface area contributed by atoms with Crippen molar-refractivity contribution < 1.29 is 24.2 Å². The quantitative estimate of drug-likeness (QED) is 0.546. The number of carboxylic acids is 1. The Balaban J connectivity index is 1.46. The topological polar surface area (TPSA) is 95.9 Å². The van der Waals surface area contributed by atoms with E-state index in [2.05, 4.69) is 29.6 Å². The predicted molar refractivity (Wildman–Crippen MR) is 121 cm³/mol. The molecule has 0 aliphatic heterocycles. The Morgan fingerprint density at radius 2 is 1.62 bits per heavy atom. The second-order valence-electron chi connectivity index (χ2n) is 8.24. The Kier molecular flexibility index (Phi) is 7.87. The van der Waals surface area contributed by atoms with Crippen LogP contribution in [0, 0.1) is 0 Å². The van der Waals surface area contributed by atoms with Crippen LogP contribution < -0.4 is 5.32 Å². The second-order valence-corrected chi connectivity index (χ2v) is 8.24. The van der Waals surface area contributed by atoms with E-state index >= 15 is 0 Å². The van der Waals surface area contributed by atoms with Gasteiger partial charge in [0.05, 0.1) is 0 Å². The molecule has 2 N–H and O–H groups in total. The maximum atomic E-state index is 12.3. The Morgan fingerprint density at radius 1 is 1.03 bits per heavy atom. The molecule has 1 atom stereocenters. The van der Waals surface area contributed by atoms with Crippen LogP contribution in [0.1, 0.15) is 49.7 Å². The van der Waals surface area contributed by atoms with Crippen LogP contribution in [0.5, 0.6) is 0 Å². The van der Waals surface area contributed by atoms with Crippen molar-refractivity contribution in [2.75, 3.05) is 20.2 Å². The fourth-order valence-electron chi connectivity index (χ4n) is 4.06. The van der Waals surface area contributed by atoms with Gasteiger partial charge in [0.1, 0.15) is 6.61 Å². The molecule has 1 unspecified atom stereocenters. The number of amides is 2. The molecule has 3 rings (SSSR count). The molecule has 0 radical (unpaired) electrons. The summed E-state index contributed by atoms with van der Waals surface area (Å²) in [5.74, 6) is -0.950. The second kappa shape index (κ2) is 10.8. The standard InChI is InChI=1S/C25H30N2O5/c1-17(15-23(28)27(2)14-8-7-13-24(29)30)26-25(31)32-16-22-20-11-5-3-9-18(20)19-10-4-6-12-21(19)22/h3-6,9-12,17,22H,7-8,13-16H2,1-2H3,(H,26,31)(H,29,30). The number of ether oxygens (including phenoxy) is 1. The number of aliphatic carboxylic acids is 1. The predicted octanol–water partition coefficient (Wildman–Crippen LogP) is 4.02. The molecule has 2 aromatic rings. The number of carbonyl (C=O) groups excluding carboxylic acids is 2. The lowest BCUT2D eigenvalue weighted by molar-refractivity contribution is -0.137. The number of carbonyl (C=O) groups is 3. The van der Waals surface area contributed by atoms with Gasteiger partial charge in [0, 0.05) is 38.4 Å². The number of fused-ring (bicyclic) bond motifs is 3. The first-order valence-corrected chi connectivity index (χ1v) is 10.9. The molecule has 0 fully saturated rings. The van der Waals surface area contributed by atoms with Gasteiger partial charge in [0.25, 0.3) is 0 Å². The smallest absolute Gasteiger partial charge is 0.407 e. The molecule has 2 amide bonds. The molecule has 0 heterocycles. The molecule has 1 aliphatic carbocycles. The van der Waals surface area contributed by atoms with Crippen LogP contribution >= 0.6 is 0 Å². The Morgan fingerprint density at radius 3 is 2.22 bits per heavy atom. The van der Waals surface area contributed by atoms with Gasteiger partial charge >= 0.3 is 12.1 Å². The van der Waals surface area contributed by atoms with Gasteiger partial charge in [-0.15, -0.1) is 0 Å². The molecule has 0 saturated heterocycles. The number of alkyl carbamates (subject to hydrolysis) is 1. The molecule has 0 aromatic heterocycles. The fourth-order valence-corrected chi connectivity index (χ4v) is 4.06. The molecule has 2 aromatic carbocycles. The van der Waals surface area contributed by atoms with Gasteiger partial charge in [0.2, 0.25) is 5.91 Å². The number of rotatable bonds is 10. The zero-order valence-electron chi connectivity index (χ0n) is 18.5. The summed E-state index contributed by atoms with van der Waals surface area (Å²) >= 11 is 0. The highest BCUT2D eigenvalue weighted by Gasteiger charge is 2.29. The average molecular weight is 439 g/mol. The van der Waals surface area contributed by atoms with Gasteiger partial charge in [0.15, 0.2) is 0 Å². The normalized spacial score (nSPS) is 13.1. The van der Waals surface area contributed by atoms with Crippen molar-refractivity contribution in [3.63, 3.8) is 0 Å². The molecule has 0 saturated carbocycles. The molecular formula is C25H30N2O5. The van der Waals surface area contributed by atoms with E-state index in [1.807, 2.05) is 24.3 Å². The SMILES string of the molecule is CC(CC(=O)N(C)CCCCC(=O)O)NC(=O)OCC1c2ccccc2-c2ccccc21. The van der Waals surface area contributed by atoms with Crippen molar-refractivity contribution in [3.05, 3.63) is 59.7 Å². The lowest BCUT2D eigenvalue weighted by Gasteiger charge is -2.20. The number of unbranched alkanes of at least 4 members (excludes halogenated alkanes) is 1. The van der Waals surface area contributed by atoms with E-state index < -0.39 is 12.1 Å². The van der Waals surface area contributed by atoms with Crippen molar-refractivity contribution in [1.82, 2.24) is 10.2 Å². The molecular weight excluding hydrogens is 408 g/mol. The summed E-state index contributed by atoms with van der Waals surface area (Å²) in [5, 5.41) is 11.4. The minimum atomic E-state index is -0.833. The summed E-state index contributed by atoms with van der Waals surface area (Å²) < 4.78 is 5.52. The molecule has 7 nitrogen and oxygen atoms in total. The summed E-state index contributed by atoms with van der Waals surface area (Å²) in [7, 11) is 1.68. The number of hydrogen-bond acceptors (Lipinski definition) is 4. The molecule has 1 aliphatic rings. The van der Waals surface area contributed by atoms with Crippen molar-refractivity contribution in [2.24, 2.45) is 0 Å². The number of carboxylic acid groups (broad SMARTS) is 1. The van der Waals surface area contributed by atoms with Crippen LogP contribution in [-0.4, -0.2) is 54.2 Å². The van der Waals surface area contributed by atoms with E-state index in [0.717, 1.165) is 11.1 Å². The Labute approximate surface area is 188 Å². The minimum absolute atomic E-state index is 0.0120. The third-order valence-electron chi connectivity index (χ3n) is 5.75. The highest BCUT2D eigenvalue weighted by Crippen LogP contribution is 2.44. The maximum Gasteiger partial charge on any atom is 0.407 e. The van der Waals surface area contributed by atoms with Gasteiger partial charge in [-0.3, -0.25) is 9.59 Å². The van der Waals surface area contributed by atoms with Crippen molar-refractivity contribution in [2.45, 2.75) is 44.6 Å². The molecule has 32 heavy (non-hydrogen) atoms. The summed E-state index contributed by atoms with van der Waals surface area (Å²) in [6.07, 6.45) is 0.862. The zero-order valence-corrected chi connectivity index (χ0v) is 18.5. The number of nitrogens with zero attached hydrogens (tertiary/aromatic N) is 1. The maximum absolute atomic E-state index is 12.3. The lowest BCUT2D eigenvalue weighted by Crippen LogP contribution is -2.38. The summed E-state index contributed by atoms with van der Waals surface area (Å²) in [6.45, 7) is 2.48. The van der Waals surface area contributed by atoms with Gasteiger partial charge < -0.3 is 20.1 Å². The highest BCUT2D eigenvalue weighted by atomic mass is 16.5. The van der Waals surface area contributed by atoms with Crippen molar-refractivity contribution >= 4 is 18.0 Å². The lowest BCUT2D eigenvalue weighted by atomic mass is 9.98. The molecule has 0 spiro atoms. The van der Waals surface area contributed by atoms with Crippen LogP contribution in [0.15, 0.2) is 48.5 Å². The largest absolute Gasteiger partial charge is 0.481 e. The van der Waals surface area contributed by atoms with Gasteiger partial charge in [-0.05, 0) is 42.0 Å². The van der Waals surface area contributed by atoms with E-state index in [0.29, 0.717) is 19.4 Å². The summed E-state index contributed by atoms with van der Waals surface area (Å²) in [5.41, 5.74) is 4.63. The van der Waals surface area contributed by atoms with Gasteiger partial charge in [-0.25, -0.2) is 4.79 Å². The molecule has 0 bridgehead atoms. The summed E-state index contributed by atoms with van der Waals surface area (Å²) in [6, 6.07) is 15.9. The Hall–Kier alpha value is -3.35. The van der Waals surface area contributed by atoms with Crippen LogP contribution in [0.2, 0.25) is 0 Å². The Bertz CT molecular complexity index is 929. The highest BCUT2D eigenvalue weighted by molar-refractivity contribution is 5.79. The monoisotopic (exact) mass is 438 g/mol. The van der Waals surface area contributed by atoms with E-state index in [1.165, 1.54) is 11.1 Å². The van der Waals surface area contributed by atoms with Crippen molar-refractivity contribution in [1.29, 1.82) is 0 Å². The first-order chi connectivity index (χ1) is 15.4. The number of nitrogens with one attached hydrogen (secondary N) is 1. The van der Waals surface area contributed by atoms with Crippen LogP contribution in [-0.2, 0) is 14.3 Å². The van der Waals surface area contributed by atoms with Crippen LogP contribution in [0.4, 0.5) is 4.79 Å². The molecule has 170 valence electrons.